The summed E-state index contributed by atoms with van der Waals surface area (Å²) >= 11 is 6.01. The Kier molecular flexibility index (Phi) is 2.72. The van der Waals surface area contributed by atoms with E-state index in [1.165, 1.54) is 11.7 Å². The largest absolute Gasteiger partial charge is 0.340 e. The zero-order valence-electron chi connectivity index (χ0n) is 10.9. The smallest absolute Gasteiger partial charge is 0.255 e. The van der Waals surface area contributed by atoms with E-state index in [9.17, 15) is 0 Å². The lowest BCUT2D eigenvalue weighted by Gasteiger charge is -2.09. The van der Waals surface area contributed by atoms with Crippen LogP contribution in [0.4, 0.5) is 11.5 Å². The van der Waals surface area contributed by atoms with Crippen LogP contribution in [-0.4, -0.2) is 19.6 Å². The van der Waals surface area contributed by atoms with Crippen molar-refractivity contribution in [2.24, 2.45) is 0 Å². The SMILES string of the molecule is Clc1cc(Nc2ccc3ccccc3c2)n2ncnc2n1. The van der Waals surface area contributed by atoms with Crippen LogP contribution in [0.2, 0.25) is 5.15 Å². The molecule has 0 aliphatic rings. The van der Waals surface area contributed by atoms with Gasteiger partial charge in [-0.25, -0.2) is 0 Å². The van der Waals surface area contributed by atoms with Crippen molar-refractivity contribution >= 4 is 39.7 Å². The Morgan fingerprint density at radius 2 is 1.86 bits per heavy atom. The number of benzene rings is 2. The fraction of sp³-hybridized carbons (Fsp3) is 0. The summed E-state index contributed by atoms with van der Waals surface area (Å²) in [5.74, 6) is 1.18. The first kappa shape index (κ1) is 12.1. The molecule has 0 unspecified atom stereocenters. The van der Waals surface area contributed by atoms with Crippen molar-refractivity contribution in [3.05, 3.63) is 60.0 Å². The molecule has 4 aromatic rings. The quantitative estimate of drug-likeness (QED) is 0.573. The van der Waals surface area contributed by atoms with Gasteiger partial charge < -0.3 is 5.32 Å². The first-order valence-electron chi connectivity index (χ1n) is 6.42. The lowest BCUT2D eigenvalue weighted by molar-refractivity contribution is 0.947. The Hall–Kier alpha value is -2.66. The van der Waals surface area contributed by atoms with Crippen LogP contribution < -0.4 is 5.32 Å². The second-order valence-electron chi connectivity index (χ2n) is 4.62. The molecule has 0 saturated heterocycles. The third kappa shape index (κ3) is 2.17. The molecule has 5 nitrogen and oxygen atoms in total. The van der Waals surface area contributed by atoms with Crippen LogP contribution in [0.15, 0.2) is 54.9 Å². The van der Waals surface area contributed by atoms with Gasteiger partial charge in [0.25, 0.3) is 5.78 Å². The highest BCUT2D eigenvalue weighted by Crippen LogP contribution is 2.23. The minimum Gasteiger partial charge on any atom is -0.340 e. The van der Waals surface area contributed by atoms with E-state index in [1.807, 2.05) is 18.2 Å². The van der Waals surface area contributed by atoms with Crippen molar-refractivity contribution in [1.82, 2.24) is 19.6 Å². The van der Waals surface area contributed by atoms with Crippen molar-refractivity contribution in [2.45, 2.75) is 0 Å². The summed E-state index contributed by atoms with van der Waals surface area (Å²) in [6.07, 6.45) is 1.45. The normalized spacial score (nSPS) is 11.1. The average molecular weight is 296 g/mol. The van der Waals surface area contributed by atoms with E-state index in [0.717, 1.165) is 16.9 Å². The maximum absolute atomic E-state index is 6.01. The third-order valence-electron chi connectivity index (χ3n) is 3.24. The minimum absolute atomic E-state index is 0.374. The topological polar surface area (TPSA) is 55.1 Å². The maximum Gasteiger partial charge on any atom is 0.255 e. The van der Waals surface area contributed by atoms with Crippen LogP contribution in [0.3, 0.4) is 0 Å². The summed E-state index contributed by atoms with van der Waals surface area (Å²) in [7, 11) is 0. The summed E-state index contributed by atoms with van der Waals surface area (Å²) in [6.45, 7) is 0. The van der Waals surface area contributed by atoms with Gasteiger partial charge >= 0.3 is 0 Å². The summed E-state index contributed by atoms with van der Waals surface area (Å²) in [4.78, 5) is 8.15. The molecule has 2 aromatic carbocycles. The maximum atomic E-state index is 6.01. The molecule has 0 saturated carbocycles. The van der Waals surface area contributed by atoms with Gasteiger partial charge in [-0.05, 0) is 22.9 Å². The predicted octanol–water partition coefficient (Wildman–Crippen LogP) is 3.67. The second-order valence-corrected chi connectivity index (χ2v) is 5.01. The highest BCUT2D eigenvalue weighted by molar-refractivity contribution is 6.29. The van der Waals surface area contributed by atoms with Crippen LogP contribution in [0, 0.1) is 0 Å². The van der Waals surface area contributed by atoms with E-state index < -0.39 is 0 Å². The van der Waals surface area contributed by atoms with E-state index >= 15 is 0 Å². The Balaban J connectivity index is 1.80. The Morgan fingerprint density at radius 3 is 2.76 bits per heavy atom. The molecule has 0 fully saturated rings. The molecule has 1 N–H and O–H groups in total. The van der Waals surface area contributed by atoms with Crippen molar-refractivity contribution in [1.29, 1.82) is 0 Å². The van der Waals surface area contributed by atoms with Crippen LogP contribution in [0.5, 0.6) is 0 Å². The molecule has 0 radical (unpaired) electrons. The molecule has 0 spiro atoms. The molecule has 102 valence electrons. The van der Waals surface area contributed by atoms with Crippen LogP contribution >= 0.6 is 11.6 Å². The van der Waals surface area contributed by atoms with Gasteiger partial charge in [-0.1, -0.05) is 41.9 Å². The lowest BCUT2D eigenvalue weighted by atomic mass is 10.1. The third-order valence-corrected chi connectivity index (χ3v) is 3.44. The summed E-state index contributed by atoms with van der Waals surface area (Å²) in [5.41, 5.74) is 0.952. The fourth-order valence-electron chi connectivity index (χ4n) is 2.29. The Morgan fingerprint density at radius 1 is 1.00 bits per heavy atom. The highest BCUT2D eigenvalue weighted by atomic mass is 35.5. The van der Waals surface area contributed by atoms with Gasteiger partial charge in [0.2, 0.25) is 0 Å². The molecule has 0 bridgehead atoms. The number of hydrogen-bond donors (Lipinski definition) is 1. The van der Waals surface area contributed by atoms with E-state index in [4.69, 9.17) is 11.6 Å². The Labute approximate surface area is 125 Å². The summed E-state index contributed by atoms with van der Waals surface area (Å²) in [6, 6.07) is 16.1. The van der Waals surface area contributed by atoms with Crippen molar-refractivity contribution in [3.63, 3.8) is 0 Å². The van der Waals surface area contributed by atoms with E-state index in [2.05, 4.69) is 44.6 Å². The molecular formula is C15H10ClN5. The summed E-state index contributed by atoms with van der Waals surface area (Å²) in [5, 5.41) is 10.2. The summed E-state index contributed by atoms with van der Waals surface area (Å²) < 4.78 is 1.61. The molecule has 2 heterocycles. The van der Waals surface area contributed by atoms with Gasteiger partial charge in [0.05, 0.1) is 0 Å². The molecule has 6 heteroatoms. The number of aromatic nitrogens is 4. The number of rotatable bonds is 2. The first-order valence-corrected chi connectivity index (χ1v) is 6.79. The van der Waals surface area contributed by atoms with E-state index in [1.54, 1.807) is 10.6 Å². The highest BCUT2D eigenvalue weighted by Gasteiger charge is 2.07. The van der Waals surface area contributed by atoms with Gasteiger partial charge in [0.1, 0.15) is 17.3 Å². The zero-order valence-corrected chi connectivity index (χ0v) is 11.6. The Bertz CT molecular complexity index is 947. The first-order chi connectivity index (χ1) is 10.3. The number of anilines is 2. The molecule has 0 aliphatic carbocycles. The van der Waals surface area contributed by atoms with E-state index in [0.29, 0.717) is 10.9 Å². The number of halogens is 1. The van der Waals surface area contributed by atoms with Crippen LogP contribution in [-0.2, 0) is 0 Å². The number of nitrogens with zero attached hydrogens (tertiary/aromatic N) is 4. The molecule has 21 heavy (non-hydrogen) atoms. The monoisotopic (exact) mass is 295 g/mol. The standard InChI is InChI=1S/C15H10ClN5/c16-13-8-14(21-15(20-13)17-9-18-21)19-12-6-5-10-3-1-2-4-11(10)7-12/h1-9,19H. The predicted molar refractivity (Wildman–Crippen MR) is 83.0 cm³/mol. The van der Waals surface area contributed by atoms with Gasteiger partial charge in [-0.3, -0.25) is 0 Å². The van der Waals surface area contributed by atoms with Crippen molar-refractivity contribution < 1.29 is 0 Å². The molecule has 0 aliphatic heterocycles. The van der Waals surface area contributed by atoms with Gasteiger partial charge in [-0.15, -0.1) is 0 Å². The zero-order chi connectivity index (χ0) is 14.2. The molecule has 2 aromatic heterocycles. The van der Waals surface area contributed by atoms with Crippen molar-refractivity contribution in [3.8, 4) is 0 Å². The minimum atomic E-state index is 0.374. The van der Waals surface area contributed by atoms with Crippen LogP contribution in [0.25, 0.3) is 16.6 Å². The van der Waals surface area contributed by atoms with Crippen LogP contribution in [0.1, 0.15) is 0 Å². The molecule has 0 amide bonds. The van der Waals surface area contributed by atoms with Gasteiger partial charge in [-0.2, -0.15) is 19.6 Å². The van der Waals surface area contributed by atoms with E-state index in [-0.39, 0.29) is 0 Å². The molecule has 4 rings (SSSR count). The van der Waals surface area contributed by atoms with Gasteiger partial charge in [0.15, 0.2) is 0 Å². The van der Waals surface area contributed by atoms with Gasteiger partial charge in [0, 0.05) is 11.8 Å². The van der Waals surface area contributed by atoms with Crippen molar-refractivity contribution in [2.75, 3.05) is 5.32 Å². The number of fused-ring (bicyclic) bond motifs is 2. The molecule has 0 atom stereocenters. The number of nitrogens with one attached hydrogen (secondary N) is 1. The second kappa shape index (κ2) is 4.71. The lowest BCUT2D eigenvalue weighted by Crippen LogP contribution is -2.01. The average Bonchev–Trinajstić information content (AvgIpc) is 2.95. The fourth-order valence-corrected chi connectivity index (χ4v) is 2.47. The molecular weight excluding hydrogens is 286 g/mol. The number of hydrogen-bond acceptors (Lipinski definition) is 4.